The summed E-state index contributed by atoms with van der Waals surface area (Å²) in [6.07, 6.45) is 0.259. The fraction of sp³-hybridized carbons (Fsp3) is 0.267. The third-order valence-corrected chi connectivity index (χ3v) is 3.45. The minimum atomic E-state index is -0.963. The zero-order valence-electron chi connectivity index (χ0n) is 11.7. The molecule has 0 aliphatic carbocycles. The van der Waals surface area contributed by atoms with Gasteiger partial charge in [-0.05, 0) is 25.0 Å². The smallest absolute Gasteiger partial charge is 0.312 e. The summed E-state index contributed by atoms with van der Waals surface area (Å²) in [5, 5.41) is 10.0. The molecule has 6 heteroatoms. The molecule has 1 aromatic carbocycles. The van der Waals surface area contributed by atoms with Gasteiger partial charge in [0, 0.05) is 11.1 Å². The lowest BCUT2D eigenvalue weighted by Crippen LogP contribution is -2.17. The van der Waals surface area contributed by atoms with Crippen molar-refractivity contribution in [2.75, 3.05) is 7.11 Å². The topological polar surface area (TPSA) is 72.3 Å². The van der Waals surface area contributed by atoms with E-state index in [9.17, 15) is 9.90 Å². The number of benzene rings is 1. The van der Waals surface area contributed by atoms with Crippen LogP contribution in [0.15, 0.2) is 30.3 Å². The van der Waals surface area contributed by atoms with E-state index in [0.717, 1.165) is 5.56 Å². The van der Waals surface area contributed by atoms with Gasteiger partial charge in [0.05, 0.1) is 12.8 Å². The molecule has 0 fully saturated rings. The number of hydrogen-bond acceptors (Lipinski definition) is 4. The number of carboxylic acids is 1. The van der Waals surface area contributed by atoms with E-state index in [-0.39, 0.29) is 6.42 Å². The predicted octanol–water partition coefficient (Wildman–Crippen LogP) is 2.86. The van der Waals surface area contributed by atoms with Crippen molar-refractivity contribution in [1.82, 2.24) is 9.97 Å². The molecule has 110 valence electrons. The molecule has 0 aliphatic rings. The normalized spacial score (nSPS) is 12.0. The Morgan fingerprint density at radius 1 is 1.38 bits per heavy atom. The Labute approximate surface area is 127 Å². The van der Waals surface area contributed by atoms with E-state index >= 15 is 0 Å². The number of carboxylic acid groups (broad SMARTS) is 1. The fourth-order valence-corrected chi connectivity index (χ4v) is 2.26. The first-order valence-electron chi connectivity index (χ1n) is 6.37. The number of carbonyl (C=O) groups is 1. The van der Waals surface area contributed by atoms with E-state index in [0.29, 0.717) is 22.4 Å². The molecule has 0 saturated carbocycles. The summed E-state index contributed by atoms with van der Waals surface area (Å²) in [5.41, 5.74) is 1.17. The molecular formula is C15H15ClN2O3. The zero-order chi connectivity index (χ0) is 15.4. The average molecular weight is 307 g/mol. The van der Waals surface area contributed by atoms with Crippen LogP contribution in [-0.4, -0.2) is 28.2 Å². The SMILES string of the molecule is COc1cc(C(Cc2ccccc2Cl)C(=O)O)nc(C)n1. The number of halogens is 1. The molecule has 2 rings (SSSR count). The number of rotatable bonds is 5. The van der Waals surface area contributed by atoms with Gasteiger partial charge in [-0.3, -0.25) is 4.79 Å². The Hall–Kier alpha value is -2.14. The van der Waals surface area contributed by atoms with Crippen LogP contribution in [0.2, 0.25) is 5.02 Å². The minimum absolute atomic E-state index is 0.259. The average Bonchev–Trinajstić information content (AvgIpc) is 2.45. The second kappa shape index (κ2) is 6.54. The van der Waals surface area contributed by atoms with E-state index < -0.39 is 11.9 Å². The number of aryl methyl sites for hydroxylation is 1. The van der Waals surface area contributed by atoms with Crippen molar-refractivity contribution in [3.8, 4) is 5.88 Å². The Bertz CT molecular complexity index is 661. The van der Waals surface area contributed by atoms with Crippen LogP contribution in [-0.2, 0) is 11.2 Å². The molecule has 2 aromatic rings. The van der Waals surface area contributed by atoms with Crippen molar-refractivity contribution < 1.29 is 14.6 Å². The molecule has 1 heterocycles. The van der Waals surface area contributed by atoms with Crippen LogP contribution >= 0.6 is 11.6 Å². The maximum atomic E-state index is 11.6. The molecule has 0 aliphatic heterocycles. The molecule has 0 spiro atoms. The summed E-state index contributed by atoms with van der Waals surface area (Å²) in [5.74, 6) is -0.951. The van der Waals surface area contributed by atoms with Gasteiger partial charge in [0.1, 0.15) is 11.7 Å². The number of methoxy groups -OCH3 is 1. The predicted molar refractivity (Wildman–Crippen MR) is 78.9 cm³/mol. The van der Waals surface area contributed by atoms with Gasteiger partial charge in [-0.2, -0.15) is 4.98 Å². The lowest BCUT2D eigenvalue weighted by Gasteiger charge is -2.14. The van der Waals surface area contributed by atoms with Crippen molar-refractivity contribution in [3.63, 3.8) is 0 Å². The highest BCUT2D eigenvalue weighted by molar-refractivity contribution is 6.31. The van der Waals surface area contributed by atoms with Gasteiger partial charge in [-0.15, -0.1) is 0 Å². The minimum Gasteiger partial charge on any atom is -0.481 e. The van der Waals surface area contributed by atoms with Crippen molar-refractivity contribution in [3.05, 3.63) is 52.4 Å². The van der Waals surface area contributed by atoms with Crippen LogP contribution in [0, 0.1) is 6.92 Å². The molecule has 1 unspecified atom stereocenters. The standard InChI is InChI=1S/C15H15ClN2O3/c1-9-17-13(8-14(18-9)21-2)11(15(19)20)7-10-5-3-4-6-12(10)16/h3-6,8,11H,7H2,1-2H3,(H,19,20). The molecule has 0 radical (unpaired) electrons. The lowest BCUT2D eigenvalue weighted by molar-refractivity contribution is -0.138. The van der Waals surface area contributed by atoms with Crippen molar-refractivity contribution in [2.24, 2.45) is 0 Å². The van der Waals surface area contributed by atoms with E-state index in [2.05, 4.69) is 9.97 Å². The first kappa shape index (κ1) is 15.3. The van der Waals surface area contributed by atoms with E-state index in [1.165, 1.54) is 7.11 Å². The van der Waals surface area contributed by atoms with Gasteiger partial charge in [-0.25, -0.2) is 4.98 Å². The molecule has 0 bridgehead atoms. The highest BCUT2D eigenvalue weighted by atomic mass is 35.5. The van der Waals surface area contributed by atoms with Crippen molar-refractivity contribution >= 4 is 17.6 Å². The van der Waals surface area contributed by atoms with E-state index in [1.54, 1.807) is 25.1 Å². The number of aliphatic carboxylic acids is 1. The number of nitrogens with zero attached hydrogens (tertiary/aromatic N) is 2. The summed E-state index contributed by atoms with van der Waals surface area (Å²) >= 11 is 6.10. The molecule has 5 nitrogen and oxygen atoms in total. The maximum absolute atomic E-state index is 11.6. The molecule has 1 N–H and O–H groups in total. The second-order valence-electron chi connectivity index (χ2n) is 4.57. The Kier molecular flexibility index (Phi) is 4.75. The summed E-state index contributed by atoms with van der Waals surface area (Å²) in [6, 6.07) is 8.72. The van der Waals surface area contributed by atoms with Crippen LogP contribution in [0.4, 0.5) is 0 Å². The summed E-state index contributed by atoms with van der Waals surface area (Å²) in [6.45, 7) is 1.69. The number of hydrogen-bond donors (Lipinski definition) is 1. The Balaban J connectivity index is 2.38. The first-order chi connectivity index (χ1) is 10.0. The fourth-order valence-electron chi connectivity index (χ4n) is 2.05. The zero-order valence-corrected chi connectivity index (χ0v) is 12.5. The first-order valence-corrected chi connectivity index (χ1v) is 6.75. The molecule has 1 aromatic heterocycles. The Morgan fingerprint density at radius 2 is 2.10 bits per heavy atom. The molecule has 1 atom stereocenters. The van der Waals surface area contributed by atoms with E-state index in [1.807, 2.05) is 12.1 Å². The largest absolute Gasteiger partial charge is 0.481 e. The highest BCUT2D eigenvalue weighted by Crippen LogP contribution is 2.26. The summed E-state index contributed by atoms with van der Waals surface area (Å²) < 4.78 is 5.07. The maximum Gasteiger partial charge on any atom is 0.312 e. The van der Waals surface area contributed by atoms with Gasteiger partial charge < -0.3 is 9.84 Å². The van der Waals surface area contributed by atoms with Gasteiger partial charge >= 0.3 is 5.97 Å². The molecule has 21 heavy (non-hydrogen) atoms. The van der Waals surface area contributed by atoms with Gasteiger partial charge in [-0.1, -0.05) is 29.8 Å². The third-order valence-electron chi connectivity index (χ3n) is 3.08. The number of aromatic nitrogens is 2. The molecule has 0 amide bonds. The van der Waals surface area contributed by atoms with Crippen LogP contribution in [0.5, 0.6) is 5.88 Å². The van der Waals surface area contributed by atoms with Crippen LogP contribution in [0.3, 0.4) is 0 Å². The number of ether oxygens (including phenoxy) is 1. The second-order valence-corrected chi connectivity index (χ2v) is 4.98. The van der Waals surface area contributed by atoms with Gasteiger partial charge in [0.25, 0.3) is 0 Å². The van der Waals surface area contributed by atoms with Gasteiger partial charge in [0.2, 0.25) is 5.88 Å². The van der Waals surface area contributed by atoms with Crippen LogP contribution in [0.1, 0.15) is 23.0 Å². The Morgan fingerprint density at radius 3 is 2.71 bits per heavy atom. The van der Waals surface area contributed by atoms with Crippen LogP contribution in [0.25, 0.3) is 0 Å². The molecule has 0 saturated heterocycles. The van der Waals surface area contributed by atoms with Crippen molar-refractivity contribution in [1.29, 1.82) is 0 Å². The van der Waals surface area contributed by atoms with Crippen molar-refractivity contribution in [2.45, 2.75) is 19.3 Å². The molecular weight excluding hydrogens is 292 g/mol. The summed E-state index contributed by atoms with van der Waals surface area (Å²) in [4.78, 5) is 19.9. The van der Waals surface area contributed by atoms with Crippen LogP contribution < -0.4 is 4.74 Å². The quantitative estimate of drug-likeness (QED) is 0.919. The van der Waals surface area contributed by atoms with Gasteiger partial charge in [0.15, 0.2) is 0 Å². The highest BCUT2D eigenvalue weighted by Gasteiger charge is 2.24. The van der Waals surface area contributed by atoms with E-state index in [4.69, 9.17) is 16.3 Å². The summed E-state index contributed by atoms with van der Waals surface area (Å²) in [7, 11) is 1.48. The monoisotopic (exact) mass is 306 g/mol. The third kappa shape index (κ3) is 3.70. The lowest BCUT2D eigenvalue weighted by atomic mass is 9.96.